The second kappa shape index (κ2) is 6.15. The van der Waals surface area contributed by atoms with Crippen LogP contribution < -0.4 is 10.1 Å². The van der Waals surface area contributed by atoms with Gasteiger partial charge in [0.2, 0.25) is 5.88 Å². The van der Waals surface area contributed by atoms with Crippen LogP contribution >= 0.6 is 11.6 Å². The molecule has 0 fully saturated rings. The van der Waals surface area contributed by atoms with E-state index in [1.807, 2.05) is 6.92 Å². The molecular weight excluding hydrogens is 266 g/mol. The van der Waals surface area contributed by atoms with Crippen molar-refractivity contribution in [3.05, 3.63) is 47.1 Å². The average Bonchev–Trinajstić information content (AvgIpc) is 2.42. The fourth-order valence-electron chi connectivity index (χ4n) is 1.41. The Labute approximate surface area is 115 Å². The Morgan fingerprint density at radius 2 is 2.05 bits per heavy atom. The van der Waals surface area contributed by atoms with E-state index in [1.54, 1.807) is 36.4 Å². The summed E-state index contributed by atoms with van der Waals surface area (Å²) >= 11 is 5.95. The number of halogens is 1. The van der Waals surface area contributed by atoms with E-state index in [2.05, 4.69) is 15.5 Å². The van der Waals surface area contributed by atoms with Gasteiger partial charge in [-0.2, -0.15) is 0 Å². The number of benzene rings is 1. The number of carbonyl (C=O) groups is 1. The number of nitrogens with one attached hydrogen (secondary N) is 1. The quantitative estimate of drug-likeness (QED) is 0.933. The molecule has 1 aromatic heterocycles. The summed E-state index contributed by atoms with van der Waals surface area (Å²) < 4.78 is 5.15. The third kappa shape index (κ3) is 3.42. The molecule has 6 heteroatoms. The minimum atomic E-state index is -0.372. The molecule has 0 saturated heterocycles. The number of nitrogens with zero attached hydrogens (tertiary/aromatic N) is 2. The molecule has 1 amide bonds. The fraction of sp³-hybridized carbons (Fsp3) is 0.154. The number of aromatic nitrogens is 2. The van der Waals surface area contributed by atoms with E-state index in [-0.39, 0.29) is 11.6 Å². The van der Waals surface area contributed by atoms with Crippen LogP contribution in [0.2, 0.25) is 5.02 Å². The lowest BCUT2D eigenvalue weighted by atomic mass is 10.3. The molecule has 0 radical (unpaired) electrons. The van der Waals surface area contributed by atoms with Crippen molar-refractivity contribution in [1.29, 1.82) is 0 Å². The minimum Gasteiger partial charge on any atom is -0.477 e. The van der Waals surface area contributed by atoms with Crippen LogP contribution in [0.15, 0.2) is 36.4 Å². The summed E-state index contributed by atoms with van der Waals surface area (Å²) in [5, 5.41) is 10.7. The third-order valence-electron chi connectivity index (χ3n) is 2.29. The highest BCUT2D eigenvalue weighted by atomic mass is 35.5. The van der Waals surface area contributed by atoms with Crippen molar-refractivity contribution in [2.45, 2.75) is 6.92 Å². The summed E-state index contributed by atoms with van der Waals surface area (Å²) in [6.07, 6.45) is 0. The predicted molar refractivity (Wildman–Crippen MR) is 72.6 cm³/mol. The van der Waals surface area contributed by atoms with Crippen LogP contribution in [-0.2, 0) is 0 Å². The van der Waals surface area contributed by atoms with Crippen molar-refractivity contribution in [2.75, 3.05) is 11.9 Å². The molecule has 2 rings (SSSR count). The summed E-state index contributed by atoms with van der Waals surface area (Å²) in [5.41, 5.74) is 0.730. The van der Waals surface area contributed by atoms with E-state index in [9.17, 15) is 4.79 Å². The van der Waals surface area contributed by atoms with Crippen LogP contribution in [0.1, 0.15) is 17.4 Å². The van der Waals surface area contributed by atoms with Gasteiger partial charge in [0.25, 0.3) is 5.91 Å². The van der Waals surface area contributed by atoms with Crippen LogP contribution in [0.3, 0.4) is 0 Å². The molecule has 0 aliphatic carbocycles. The molecule has 0 spiro atoms. The standard InChI is InChI=1S/C13H12ClN3O2/c1-2-19-12-8-7-11(16-17-12)13(18)15-10-6-4-3-5-9(10)14/h3-8H,2H2,1H3,(H,15,18). The first-order valence-corrected chi connectivity index (χ1v) is 6.11. The van der Waals surface area contributed by atoms with E-state index < -0.39 is 0 Å². The summed E-state index contributed by atoms with van der Waals surface area (Å²) in [6, 6.07) is 10.1. The maximum atomic E-state index is 11.9. The third-order valence-corrected chi connectivity index (χ3v) is 2.62. The molecule has 1 heterocycles. The first-order chi connectivity index (χ1) is 9.20. The normalized spacial score (nSPS) is 10.0. The summed E-state index contributed by atoms with van der Waals surface area (Å²) in [6.45, 7) is 2.35. The molecule has 5 nitrogen and oxygen atoms in total. The zero-order valence-corrected chi connectivity index (χ0v) is 11.0. The largest absolute Gasteiger partial charge is 0.477 e. The first-order valence-electron chi connectivity index (χ1n) is 5.73. The lowest BCUT2D eigenvalue weighted by molar-refractivity contribution is 0.102. The van der Waals surface area contributed by atoms with Crippen molar-refractivity contribution in [3.63, 3.8) is 0 Å². The molecule has 98 valence electrons. The lowest BCUT2D eigenvalue weighted by Crippen LogP contribution is -2.14. The van der Waals surface area contributed by atoms with Crippen LogP contribution in [0.4, 0.5) is 5.69 Å². The minimum absolute atomic E-state index is 0.198. The van der Waals surface area contributed by atoms with Gasteiger partial charge in [0, 0.05) is 6.07 Å². The summed E-state index contributed by atoms with van der Waals surface area (Å²) in [5.74, 6) is 0.0143. The average molecular weight is 278 g/mol. The Morgan fingerprint density at radius 1 is 1.26 bits per heavy atom. The van der Waals surface area contributed by atoms with Crippen LogP contribution in [0, 0.1) is 0 Å². The monoisotopic (exact) mass is 277 g/mol. The molecule has 2 aromatic rings. The highest BCUT2D eigenvalue weighted by Gasteiger charge is 2.10. The number of hydrogen-bond donors (Lipinski definition) is 1. The van der Waals surface area contributed by atoms with Gasteiger partial charge < -0.3 is 10.1 Å². The number of amides is 1. The maximum Gasteiger partial charge on any atom is 0.276 e. The number of carbonyl (C=O) groups excluding carboxylic acids is 1. The van der Waals surface area contributed by atoms with Gasteiger partial charge in [-0.15, -0.1) is 10.2 Å². The van der Waals surface area contributed by atoms with Gasteiger partial charge in [-0.3, -0.25) is 4.79 Å². The molecule has 0 aliphatic heterocycles. The van der Waals surface area contributed by atoms with Gasteiger partial charge >= 0.3 is 0 Å². The summed E-state index contributed by atoms with van der Waals surface area (Å²) in [4.78, 5) is 11.9. The van der Waals surface area contributed by atoms with Crippen molar-refractivity contribution >= 4 is 23.2 Å². The van der Waals surface area contributed by atoms with Gasteiger partial charge in [0.05, 0.1) is 17.3 Å². The molecule has 0 bridgehead atoms. The molecule has 0 atom stereocenters. The van der Waals surface area contributed by atoms with Crippen LogP contribution in [0.5, 0.6) is 5.88 Å². The van der Waals surface area contributed by atoms with E-state index in [0.717, 1.165) is 0 Å². The second-order valence-corrected chi connectivity index (χ2v) is 4.03. The number of ether oxygens (including phenoxy) is 1. The van der Waals surface area contributed by atoms with Gasteiger partial charge in [-0.05, 0) is 25.1 Å². The van der Waals surface area contributed by atoms with Crippen LogP contribution in [-0.4, -0.2) is 22.7 Å². The smallest absolute Gasteiger partial charge is 0.276 e. The number of hydrogen-bond acceptors (Lipinski definition) is 4. The van der Waals surface area contributed by atoms with Crippen molar-refractivity contribution in [2.24, 2.45) is 0 Å². The maximum absolute atomic E-state index is 11.9. The molecule has 0 unspecified atom stereocenters. The number of para-hydroxylation sites is 1. The van der Waals surface area contributed by atoms with E-state index in [1.165, 1.54) is 0 Å². The Bertz CT molecular complexity index is 572. The SMILES string of the molecule is CCOc1ccc(C(=O)Nc2ccccc2Cl)nn1. The molecule has 19 heavy (non-hydrogen) atoms. The molecule has 0 saturated carbocycles. The Balaban J connectivity index is 2.10. The topological polar surface area (TPSA) is 64.1 Å². The molecule has 0 aliphatic rings. The summed E-state index contributed by atoms with van der Waals surface area (Å²) in [7, 11) is 0. The Hall–Kier alpha value is -2.14. The lowest BCUT2D eigenvalue weighted by Gasteiger charge is -2.06. The van der Waals surface area contributed by atoms with Crippen molar-refractivity contribution in [3.8, 4) is 5.88 Å². The van der Waals surface area contributed by atoms with Gasteiger partial charge in [0.1, 0.15) is 0 Å². The molecular formula is C13H12ClN3O2. The van der Waals surface area contributed by atoms with E-state index >= 15 is 0 Å². The Morgan fingerprint density at radius 3 is 2.68 bits per heavy atom. The highest BCUT2D eigenvalue weighted by molar-refractivity contribution is 6.33. The van der Waals surface area contributed by atoms with Gasteiger partial charge in [-0.1, -0.05) is 23.7 Å². The predicted octanol–water partition coefficient (Wildman–Crippen LogP) is 2.78. The number of anilines is 1. The van der Waals surface area contributed by atoms with Crippen molar-refractivity contribution < 1.29 is 9.53 Å². The second-order valence-electron chi connectivity index (χ2n) is 3.62. The molecule has 1 N–H and O–H groups in total. The van der Waals surface area contributed by atoms with E-state index in [0.29, 0.717) is 23.2 Å². The highest BCUT2D eigenvalue weighted by Crippen LogP contribution is 2.20. The van der Waals surface area contributed by atoms with Gasteiger partial charge in [-0.25, -0.2) is 0 Å². The van der Waals surface area contributed by atoms with Crippen LogP contribution in [0.25, 0.3) is 0 Å². The zero-order chi connectivity index (χ0) is 13.7. The molecule has 1 aromatic carbocycles. The van der Waals surface area contributed by atoms with Crippen molar-refractivity contribution in [1.82, 2.24) is 10.2 Å². The van der Waals surface area contributed by atoms with E-state index in [4.69, 9.17) is 16.3 Å². The Kier molecular flexibility index (Phi) is 4.30. The number of rotatable bonds is 4. The fourth-order valence-corrected chi connectivity index (χ4v) is 1.60. The first kappa shape index (κ1) is 13.3. The van der Waals surface area contributed by atoms with Gasteiger partial charge in [0.15, 0.2) is 5.69 Å². The zero-order valence-electron chi connectivity index (χ0n) is 10.3.